The molecule has 1 amide bonds. The Morgan fingerprint density at radius 1 is 1.12 bits per heavy atom. The smallest absolute Gasteiger partial charge is 0.225 e. The Morgan fingerprint density at radius 3 is 2.64 bits per heavy atom. The Morgan fingerprint density at radius 2 is 1.88 bits per heavy atom. The molecule has 2 fully saturated rings. The van der Waals surface area contributed by atoms with Gasteiger partial charge in [0.1, 0.15) is 5.65 Å². The summed E-state index contributed by atoms with van der Waals surface area (Å²) in [4.78, 5) is 21.7. The first-order valence-electron chi connectivity index (χ1n) is 9.63. The molecule has 0 bridgehead atoms. The van der Waals surface area contributed by atoms with Crippen molar-refractivity contribution in [3.05, 3.63) is 36.3 Å². The number of amides is 1. The summed E-state index contributed by atoms with van der Waals surface area (Å²) in [7, 11) is 0. The number of piperidine rings is 2. The summed E-state index contributed by atoms with van der Waals surface area (Å²) in [6.45, 7) is 7.15. The zero-order valence-corrected chi connectivity index (χ0v) is 15.1. The molecule has 25 heavy (non-hydrogen) atoms. The third-order valence-corrected chi connectivity index (χ3v) is 5.93. The lowest BCUT2D eigenvalue weighted by atomic mass is 9.92. The molecule has 5 nitrogen and oxygen atoms in total. The highest BCUT2D eigenvalue weighted by Gasteiger charge is 2.30. The van der Waals surface area contributed by atoms with Gasteiger partial charge in [-0.15, -0.1) is 0 Å². The van der Waals surface area contributed by atoms with Gasteiger partial charge >= 0.3 is 0 Å². The third-order valence-electron chi connectivity index (χ3n) is 5.93. The molecular weight excluding hydrogens is 312 g/mol. The zero-order chi connectivity index (χ0) is 17.2. The van der Waals surface area contributed by atoms with Gasteiger partial charge in [0.15, 0.2) is 0 Å². The summed E-state index contributed by atoms with van der Waals surface area (Å²) in [6.07, 6.45) is 8.19. The number of carbonyl (C=O) groups is 1. The van der Waals surface area contributed by atoms with Gasteiger partial charge in [-0.1, -0.05) is 13.0 Å². The molecule has 2 aromatic heterocycles. The van der Waals surface area contributed by atoms with E-state index in [1.807, 2.05) is 18.5 Å². The van der Waals surface area contributed by atoms with Gasteiger partial charge in [0.05, 0.1) is 0 Å². The number of hydrogen-bond donors (Lipinski definition) is 0. The van der Waals surface area contributed by atoms with E-state index in [-0.39, 0.29) is 5.92 Å². The maximum atomic E-state index is 12.8. The van der Waals surface area contributed by atoms with E-state index in [1.54, 1.807) is 0 Å². The molecule has 2 aromatic rings. The van der Waals surface area contributed by atoms with E-state index in [2.05, 4.69) is 38.2 Å². The van der Waals surface area contributed by atoms with Gasteiger partial charge in [-0.05, 0) is 56.8 Å². The summed E-state index contributed by atoms with van der Waals surface area (Å²) in [5.74, 6) is 1.41. The maximum Gasteiger partial charge on any atom is 0.225 e. The zero-order valence-electron chi connectivity index (χ0n) is 15.1. The SMILES string of the molecule is CC1CCN(C(=O)C2CCN(Cc3cccc4nccn34)CC2)CC1. The maximum absolute atomic E-state index is 12.8. The first kappa shape index (κ1) is 16.6. The monoisotopic (exact) mass is 340 g/mol. The highest BCUT2D eigenvalue weighted by molar-refractivity contribution is 5.79. The fraction of sp³-hybridized carbons (Fsp3) is 0.600. The van der Waals surface area contributed by atoms with Crippen molar-refractivity contribution in [3.8, 4) is 0 Å². The highest BCUT2D eigenvalue weighted by Crippen LogP contribution is 2.24. The van der Waals surface area contributed by atoms with E-state index < -0.39 is 0 Å². The van der Waals surface area contributed by atoms with Gasteiger partial charge in [0.2, 0.25) is 5.91 Å². The van der Waals surface area contributed by atoms with E-state index in [0.29, 0.717) is 5.91 Å². The highest BCUT2D eigenvalue weighted by atomic mass is 16.2. The summed E-state index contributed by atoms with van der Waals surface area (Å²) in [6, 6.07) is 6.28. The molecule has 4 heterocycles. The molecule has 2 aliphatic heterocycles. The molecule has 5 heteroatoms. The summed E-state index contributed by atoms with van der Waals surface area (Å²) in [5.41, 5.74) is 2.27. The molecule has 0 unspecified atom stereocenters. The second-order valence-electron chi connectivity index (χ2n) is 7.73. The van der Waals surface area contributed by atoms with Crippen LogP contribution >= 0.6 is 0 Å². The van der Waals surface area contributed by atoms with Crippen LogP contribution in [0.2, 0.25) is 0 Å². The number of imidazole rings is 1. The first-order valence-corrected chi connectivity index (χ1v) is 9.63. The second kappa shape index (κ2) is 7.16. The lowest BCUT2D eigenvalue weighted by molar-refractivity contribution is -0.138. The van der Waals surface area contributed by atoms with Gasteiger partial charge in [-0.25, -0.2) is 4.98 Å². The standard InChI is InChI=1S/C20H28N4O/c1-16-5-12-23(13-6-16)20(25)17-7-10-22(11-8-17)15-18-3-2-4-19-21-9-14-24(18)19/h2-4,9,14,16-17H,5-8,10-13,15H2,1H3. The van der Waals surface area contributed by atoms with Crippen LogP contribution < -0.4 is 0 Å². The van der Waals surface area contributed by atoms with Crippen molar-refractivity contribution in [2.75, 3.05) is 26.2 Å². The predicted octanol–water partition coefficient (Wildman–Crippen LogP) is 2.80. The number of fused-ring (bicyclic) bond motifs is 1. The Hall–Kier alpha value is -1.88. The third kappa shape index (κ3) is 3.56. The number of hydrogen-bond acceptors (Lipinski definition) is 3. The van der Waals surface area contributed by atoms with Gasteiger partial charge in [-0.3, -0.25) is 9.69 Å². The van der Waals surface area contributed by atoms with Crippen molar-refractivity contribution in [3.63, 3.8) is 0 Å². The number of likely N-dealkylation sites (tertiary alicyclic amines) is 2. The molecule has 0 saturated carbocycles. The van der Waals surface area contributed by atoms with E-state index >= 15 is 0 Å². The lowest BCUT2D eigenvalue weighted by Crippen LogP contribution is -2.45. The molecule has 0 aliphatic carbocycles. The second-order valence-corrected chi connectivity index (χ2v) is 7.73. The Kier molecular flexibility index (Phi) is 4.75. The largest absolute Gasteiger partial charge is 0.342 e. The molecule has 0 radical (unpaired) electrons. The average molecular weight is 340 g/mol. The molecule has 0 N–H and O–H groups in total. The topological polar surface area (TPSA) is 40.9 Å². The van der Waals surface area contributed by atoms with Crippen LogP contribution in [0.25, 0.3) is 5.65 Å². The van der Waals surface area contributed by atoms with Crippen LogP contribution in [0.1, 0.15) is 38.3 Å². The Balaban J connectivity index is 1.32. The summed E-state index contributed by atoms with van der Waals surface area (Å²) >= 11 is 0. The van der Waals surface area contributed by atoms with E-state index in [1.165, 1.54) is 18.5 Å². The van der Waals surface area contributed by atoms with E-state index in [9.17, 15) is 4.79 Å². The van der Waals surface area contributed by atoms with Crippen LogP contribution in [0.15, 0.2) is 30.6 Å². The number of carbonyl (C=O) groups excluding carboxylic acids is 1. The number of pyridine rings is 1. The van der Waals surface area contributed by atoms with Crippen molar-refractivity contribution in [2.45, 2.75) is 39.2 Å². The van der Waals surface area contributed by atoms with Gasteiger partial charge < -0.3 is 9.30 Å². The van der Waals surface area contributed by atoms with Crippen molar-refractivity contribution in [1.82, 2.24) is 19.2 Å². The quantitative estimate of drug-likeness (QED) is 0.863. The van der Waals surface area contributed by atoms with Crippen LogP contribution in [-0.2, 0) is 11.3 Å². The first-order chi connectivity index (χ1) is 12.2. The summed E-state index contributed by atoms with van der Waals surface area (Å²) in [5, 5.41) is 0. The van der Waals surface area contributed by atoms with Crippen molar-refractivity contribution in [2.24, 2.45) is 11.8 Å². The number of rotatable bonds is 3. The lowest BCUT2D eigenvalue weighted by Gasteiger charge is -2.36. The van der Waals surface area contributed by atoms with Crippen molar-refractivity contribution >= 4 is 11.6 Å². The number of aromatic nitrogens is 2. The van der Waals surface area contributed by atoms with Gasteiger partial charge in [-0.2, -0.15) is 0 Å². The molecule has 0 atom stereocenters. The fourth-order valence-electron chi connectivity index (χ4n) is 4.19. The van der Waals surface area contributed by atoms with Crippen LogP contribution in [-0.4, -0.2) is 51.3 Å². The van der Waals surface area contributed by atoms with Crippen LogP contribution in [0, 0.1) is 11.8 Å². The Labute approximate surface area is 149 Å². The minimum Gasteiger partial charge on any atom is -0.342 e. The predicted molar refractivity (Wildman–Crippen MR) is 98.2 cm³/mol. The minimum absolute atomic E-state index is 0.230. The fourth-order valence-corrected chi connectivity index (χ4v) is 4.19. The molecule has 0 aromatic carbocycles. The van der Waals surface area contributed by atoms with Gasteiger partial charge in [0.25, 0.3) is 0 Å². The van der Waals surface area contributed by atoms with Crippen LogP contribution in [0.4, 0.5) is 0 Å². The molecule has 2 saturated heterocycles. The molecule has 134 valence electrons. The number of nitrogens with zero attached hydrogens (tertiary/aromatic N) is 4. The Bertz CT molecular complexity index is 724. The van der Waals surface area contributed by atoms with Crippen molar-refractivity contribution < 1.29 is 4.79 Å². The molecule has 0 spiro atoms. The van der Waals surface area contributed by atoms with Gasteiger partial charge in [0, 0.05) is 43.6 Å². The van der Waals surface area contributed by atoms with Crippen LogP contribution in [0.3, 0.4) is 0 Å². The molecule has 4 rings (SSSR count). The normalized spacial score (nSPS) is 21.1. The minimum atomic E-state index is 0.230. The van der Waals surface area contributed by atoms with Crippen molar-refractivity contribution in [1.29, 1.82) is 0 Å². The van der Waals surface area contributed by atoms with E-state index in [0.717, 1.165) is 57.1 Å². The van der Waals surface area contributed by atoms with Crippen LogP contribution in [0.5, 0.6) is 0 Å². The van der Waals surface area contributed by atoms with E-state index in [4.69, 9.17) is 0 Å². The summed E-state index contributed by atoms with van der Waals surface area (Å²) < 4.78 is 2.16. The average Bonchev–Trinajstić information content (AvgIpc) is 3.12. The molecular formula is C20H28N4O. The molecule has 2 aliphatic rings.